The molecule has 1 N–H and O–H groups in total. The summed E-state index contributed by atoms with van der Waals surface area (Å²) in [6.07, 6.45) is 2.26. The lowest BCUT2D eigenvalue weighted by molar-refractivity contribution is -0.131. The third kappa shape index (κ3) is 4.60. The van der Waals surface area contributed by atoms with E-state index in [9.17, 15) is 4.79 Å². The number of carbonyl (C=O) groups is 1. The first kappa shape index (κ1) is 15.5. The van der Waals surface area contributed by atoms with Gasteiger partial charge in [-0.05, 0) is 45.2 Å². The molecule has 1 fully saturated rings. The van der Waals surface area contributed by atoms with Crippen molar-refractivity contribution < 1.29 is 4.79 Å². The number of nitrogens with one attached hydrogen (secondary N) is 1. The second-order valence-corrected chi connectivity index (χ2v) is 7.30. The fraction of sp³-hybridized carbons (Fsp3) is 0.562. The molecular weight excluding hydrogens is 316 g/mol. The molecular formula is C16H23BrN2O. The van der Waals surface area contributed by atoms with Gasteiger partial charge < -0.3 is 10.2 Å². The standard InChI is InChI=1S/C16H23BrN2O/c1-16(2,3)18-10-15(20)19(13-8-9-13)11-12-6-4-5-7-14(12)17/h4-7,13,18H,8-11H2,1-3H3. The van der Waals surface area contributed by atoms with Crippen LogP contribution in [0.25, 0.3) is 0 Å². The minimum absolute atomic E-state index is 0.0296. The molecule has 110 valence electrons. The Balaban J connectivity index is 2.01. The highest BCUT2D eigenvalue weighted by molar-refractivity contribution is 9.10. The van der Waals surface area contributed by atoms with E-state index in [1.165, 1.54) is 5.56 Å². The molecule has 2 rings (SSSR count). The molecule has 4 heteroatoms. The quantitative estimate of drug-likeness (QED) is 0.893. The molecule has 0 unspecified atom stereocenters. The van der Waals surface area contributed by atoms with Gasteiger partial charge in [-0.3, -0.25) is 4.79 Å². The lowest BCUT2D eigenvalue weighted by atomic mass is 10.1. The number of carbonyl (C=O) groups excluding carboxylic acids is 1. The van der Waals surface area contributed by atoms with E-state index in [0.29, 0.717) is 19.1 Å². The highest BCUT2D eigenvalue weighted by atomic mass is 79.9. The van der Waals surface area contributed by atoms with E-state index in [1.54, 1.807) is 0 Å². The first-order valence-corrected chi connectivity index (χ1v) is 7.94. The van der Waals surface area contributed by atoms with Gasteiger partial charge in [0.15, 0.2) is 0 Å². The molecule has 0 saturated heterocycles. The molecule has 20 heavy (non-hydrogen) atoms. The maximum Gasteiger partial charge on any atom is 0.237 e. The Hall–Kier alpha value is -0.870. The molecule has 0 aromatic heterocycles. The van der Waals surface area contributed by atoms with Crippen molar-refractivity contribution in [1.29, 1.82) is 0 Å². The Kier molecular flexibility index (Phi) is 4.86. The van der Waals surface area contributed by atoms with Crippen molar-refractivity contribution in [3.05, 3.63) is 34.3 Å². The van der Waals surface area contributed by atoms with Crippen molar-refractivity contribution >= 4 is 21.8 Å². The Bertz CT molecular complexity index is 478. The van der Waals surface area contributed by atoms with Crippen molar-refractivity contribution in [3.63, 3.8) is 0 Å². The highest BCUT2D eigenvalue weighted by Crippen LogP contribution is 2.29. The van der Waals surface area contributed by atoms with Crippen LogP contribution < -0.4 is 5.32 Å². The molecule has 0 radical (unpaired) electrons. The number of rotatable bonds is 5. The van der Waals surface area contributed by atoms with Gasteiger partial charge >= 0.3 is 0 Å². The zero-order valence-corrected chi connectivity index (χ0v) is 14.0. The molecule has 0 spiro atoms. The van der Waals surface area contributed by atoms with Gasteiger partial charge in [0.25, 0.3) is 0 Å². The second kappa shape index (κ2) is 6.27. The zero-order chi connectivity index (χ0) is 14.8. The summed E-state index contributed by atoms with van der Waals surface area (Å²) >= 11 is 3.56. The molecule has 1 aromatic rings. The topological polar surface area (TPSA) is 32.3 Å². The number of amides is 1. The summed E-state index contributed by atoms with van der Waals surface area (Å²) in [6, 6.07) is 8.54. The lowest BCUT2D eigenvalue weighted by Crippen LogP contribution is -2.45. The summed E-state index contributed by atoms with van der Waals surface area (Å²) < 4.78 is 1.07. The van der Waals surface area contributed by atoms with E-state index in [2.05, 4.69) is 48.1 Å². The van der Waals surface area contributed by atoms with Crippen molar-refractivity contribution in [3.8, 4) is 0 Å². The van der Waals surface area contributed by atoms with E-state index in [0.717, 1.165) is 17.3 Å². The van der Waals surface area contributed by atoms with Crippen LogP contribution in [0.4, 0.5) is 0 Å². The summed E-state index contributed by atoms with van der Waals surface area (Å²) in [5.74, 6) is 0.193. The van der Waals surface area contributed by atoms with Crippen LogP contribution in [0.5, 0.6) is 0 Å². The normalized spacial score (nSPS) is 15.2. The van der Waals surface area contributed by atoms with Gasteiger partial charge in [-0.15, -0.1) is 0 Å². The first-order valence-electron chi connectivity index (χ1n) is 7.15. The number of benzene rings is 1. The van der Waals surface area contributed by atoms with Gasteiger partial charge in [-0.2, -0.15) is 0 Å². The van der Waals surface area contributed by atoms with Crippen molar-refractivity contribution in [2.75, 3.05) is 6.54 Å². The van der Waals surface area contributed by atoms with Crippen LogP contribution in [0, 0.1) is 0 Å². The summed E-state index contributed by atoms with van der Waals surface area (Å²) in [5.41, 5.74) is 1.14. The van der Waals surface area contributed by atoms with Gasteiger partial charge in [0.2, 0.25) is 5.91 Å². The highest BCUT2D eigenvalue weighted by Gasteiger charge is 2.32. The largest absolute Gasteiger partial charge is 0.334 e. The van der Waals surface area contributed by atoms with Crippen LogP contribution in [-0.4, -0.2) is 28.9 Å². The van der Waals surface area contributed by atoms with Crippen LogP contribution in [0.3, 0.4) is 0 Å². The van der Waals surface area contributed by atoms with Crippen molar-refractivity contribution in [1.82, 2.24) is 10.2 Å². The lowest BCUT2D eigenvalue weighted by Gasteiger charge is -2.26. The fourth-order valence-corrected chi connectivity index (χ4v) is 2.47. The van der Waals surface area contributed by atoms with Crippen LogP contribution in [0.1, 0.15) is 39.2 Å². The molecule has 0 aliphatic heterocycles. The summed E-state index contributed by atoms with van der Waals surface area (Å²) in [5, 5.41) is 3.28. The predicted molar refractivity (Wildman–Crippen MR) is 85.5 cm³/mol. The first-order chi connectivity index (χ1) is 9.37. The van der Waals surface area contributed by atoms with Gasteiger partial charge in [0, 0.05) is 22.6 Å². The Morgan fingerprint density at radius 1 is 1.35 bits per heavy atom. The van der Waals surface area contributed by atoms with Crippen LogP contribution in [-0.2, 0) is 11.3 Å². The Morgan fingerprint density at radius 2 is 2.00 bits per heavy atom. The average molecular weight is 339 g/mol. The summed E-state index contributed by atoms with van der Waals surface area (Å²) in [4.78, 5) is 14.4. The fourth-order valence-electron chi connectivity index (χ4n) is 2.06. The van der Waals surface area contributed by atoms with Crippen molar-refractivity contribution in [2.24, 2.45) is 0 Å². The van der Waals surface area contributed by atoms with E-state index in [-0.39, 0.29) is 11.4 Å². The monoisotopic (exact) mass is 338 g/mol. The van der Waals surface area contributed by atoms with E-state index in [4.69, 9.17) is 0 Å². The zero-order valence-electron chi connectivity index (χ0n) is 12.4. The smallest absolute Gasteiger partial charge is 0.237 e. The Labute approximate surface area is 129 Å². The van der Waals surface area contributed by atoms with E-state index < -0.39 is 0 Å². The van der Waals surface area contributed by atoms with Crippen molar-refractivity contribution in [2.45, 2.75) is 51.7 Å². The molecule has 0 heterocycles. The minimum atomic E-state index is -0.0296. The molecule has 0 bridgehead atoms. The third-order valence-electron chi connectivity index (χ3n) is 3.38. The SMILES string of the molecule is CC(C)(C)NCC(=O)N(Cc1ccccc1Br)C1CC1. The van der Waals surface area contributed by atoms with Gasteiger partial charge in [-0.25, -0.2) is 0 Å². The maximum absolute atomic E-state index is 12.4. The number of hydrogen-bond donors (Lipinski definition) is 1. The molecule has 0 atom stereocenters. The predicted octanol–water partition coefficient (Wildman–Crippen LogP) is 3.33. The molecule has 1 aliphatic carbocycles. The molecule has 1 aliphatic rings. The minimum Gasteiger partial charge on any atom is -0.334 e. The second-order valence-electron chi connectivity index (χ2n) is 6.45. The maximum atomic E-state index is 12.4. The van der Waals surface area contributed by atoms with Gasteiger partial charge in [-0.1, -0.05) is 34.1 Å². The summed E-state index contributed by atoms with van der Waals surface area (Å²) in [7, 11) is 0. The van der Waals surface area contributed by atoms with Crippen LogP contribution in [0.2, 0.25) is 0 Å². The molecule has 1 aromatic carbocycles. The summed E-state index contributed by atoms with van der Waals surface area (Å²) in [6.45, 7) is 7.34. The third-order valence-corrected chi connectivity index (χ3v) is 4.15. The Morgan fingerprint density at radius 3 is 2.55 bits per heavy atom. The van der Waals surface area contributed by atoms with Crippen LogP contribution in [0.15, 0.2) is 28.7 Å². The number of hydrogen-bond acceptors (Lipinski definition) is 2. The van der Waals surface area contributed by atoms with Gasteiger partial charge in [0.05, 0.1) is 6.54 Å². The molecule has 1 saturated carbocycles. The van der Waals surface area contributed by atoms with Crippen LogP contribution >= 0.6 is 15.9 Å². The molecule has 3 nitrogen and oxygen atoms in total. The van der Waals surface area contributed by atoms with E-state index in [1.807, 2.05) is 23.1 Å². The molecule has 1 amide bonds. The number of nitrogens with zero attached hydrogens (tertiary/aromatic N) is 1. The van der Waals surface area contributed by atoms with Gasteiger partial charge in [0.1, 0.15) is 0 Å². The number of halogens is 1. The average Bonchev–Trinajstić information content (AvgIpc) is 3.18. The van der Waals surface area contributed by atoms with E-state index >= 15 is 0 Å².